The van der Waals surface area contributed by atoms with Crippen LogP contribution in [0.1, 0.15) is 18.4 Å². The molecule has 0 aromatic heterocycles. The van der Waals surface area contributed by atoms with Crippen molar-refractivity contribution in [3.63, 3.8) is 0 Å². The van der Waals surface area contributed by atoms with Crippen LogP contribution in [0, 0.1) is 0 Å². The fourth-order valence-corrected chi connectivity index (χ4v) is 2.07. The summed E-state index contributed by atoms with van der Waals surface area (Å²) in [6.07, 6.45) is 7.49. The Morgan fingerprint density at radius 1 is 1.35 bits per heavy atom. The second-order valence-electron chi connectivity index (χ2n) is 4.30. The van der Waals surface area contributed by atoms with Crippen LogP contribution in [0.4, 0.5) is 3.89 Å². The fraction of sp³-hybridized carbons (Fsp3) is 0.176. The molecule has 0 amide bonds. The van der Waals surface area contributed by atoms with Gasteiger partial charge in [-0.15, -0.1) is 0 Å². The minimum Gasteiger partial charge on any atom is -0.385 e. The molecule has 0 spiro atoms. The molecule has 0 fully saturated rings. The lowest BCUT2D eigenvalue weighted by Crippen LogP contribution is -2.13. The van der Waals surface area contributed by atoms with Crippen molar-refractivity contribution in [2.75, 3.05) is 6.54 Å². The van der Waals surface area contributed by atoms with Crippen molar-refractivity contribution < 1.29 is 3.89 Å². The maximum atomic E-state index is 12.5. The molecule has 0 saturated carbocycles. The highest BCUT2D eigenvalue weighted by Crippen LogP contribution is 2.22. The van der Waals surface area contributed by atoms with Gasteiger partial charge in [0.05, 0.1) is 12.1 Å². The van der Waals surface area contributed by atoms with Gasteiger partial charge in [-0.05, 0) is 36.1 Å². The van der Waals surface area contributed by atoms with Crippen molar-refractivity contribution in [1.29, 1.82) is 0 Å². The van der Waals surface area contributed by atoms with E-state index in [2.05, 4.69) is 25.1 Å². The zero-order valence-corrected chi connectivity index (χ0v) is 12.4. The average molecular weight is 289 g/mol. The zero-order chi connectivity index (χ0) is 14.8. The van der Waals surface area contributed by atoms with Crippen LogP contribution in [-0.4, -0.2) is 6.54 Å². The van der Waals surface area contributed by atoms with Crippen molar-refractivity contribution in [2.24, 2.45) is 0 Å². The van der Waals surface area contributed by atoms with Crippen LogP contribution in [0.3, 0.4) is 0 Å². The summed E-state index contributed by atoms with van der Waals surface area (Å²) in [5, 5.41) is 3.26. The Morgan fingerprint density at radius 3 is 2.80 bits per heavy atom. The monoisotopic (exact) mass is 289 g/mol. The Bertz CT molecular complexity index is 505. The van der Waals surface area contributed by atoms with E-state index in [1.54, 1.807) is 18.2 Å². The van der Waals surface area contributed by atoms with Gasteiger partial charge in [0.25, 0.3) is 0 Å². The second kappa shape index (κ2) is 9.21. The first-order valence-corrected chi connectivity index (χ1v) is 7.18. The number of allylic oxidation sites excluding steroid dienone is 4. The molecule has 0 bridgehead atoms. The molecule has 0 aliphatic carbocycles. The summed E-state index contributed by atoms with van der Waals surface area (Å²) in [5.41, 5.74) is 2.90. The standard InChI is InChI=1S/C17H20FNS/c1-4-8-15(5-2)9-7-12-19-14(3)16-10-6-11-17(13-16)20-18/h4-6,8,10-11,13,19H,1-3,7,9,12H2/b15-8+. The molecular formula is C17H20FNS. The van der Waals surface area contributed by atoms with Gasteiger partial charge in [-0.25, -0.2) is 0 Å². The number of hydrogen-bond donors (Lipinski definition) is 1. The number of nitrogens with one attached hydrogen (secondary N) is 1. The molecule has 20 heavy (non-hydrogen) atoms. The topological polar surface area (TPSA) is 12.0 Å². The van der Waals surface area contributed by atoms with E-state index in [9.17, 15) is 3.89 Å². The van der Waals surface area contributed by atoms with Gasteiger partial charge in [0.2, 0.25) is 0 Å². The Hall–Kier alpha value is -1.74. The molecule has 0 saturated heterocycles. The highest BCUT2D eigenvalue weighted by atomic mass is 32.2. The number of hydrogen-bond acceptors (Lipinski definition) is 2. The van der Waals surface area contributed by atoms with Crippen LogP contribution in [-0.2, 0) is 0 Å². The molecule has 1 nitrogen and oxygen atoms in total. The quantitative estimate of drug-likeness (QED) is 0.489. The average Bonchev–Trinajstić information content (AvgIpc) is 2.50. The minimum atomic E-state index is 0.244. The maximum Gasteiger partial charge on any atom is 0.0812 e. The first-order chi connectivity index (χ1) is 9.71. The van der Waals surface area contributed by atoms with Gasteiger partial charge in [-0.2, -0.15) is 3.89 Å². The lowest BCUT2D eigenvalue weighted by atomic mass is 10.1. The summed E-state index contributed by atoms with van der Waals surface area (Å²) in [4.78, 5) is 0.591. The van der Waals surface area contributed by atoms with Crippen LogP contribution >= 0.6 is 12.1 Å². The van der Waals surface area contributed by atoms with E-state index in [-0.39, 0.29) is 12.1 Å². The Labute approximate surface area is 125 Å². The van der Waals surface area contributed by atoms with E-state index in [1.165, 1.54) is 5.57 Å². The first-order valence-electron chi connectivity index (χ1n) is 6.47. The van der Waals surface area contributed by atoms with Gasteiger partial charge in [-0.1, -0.05) is 50.1 Å². The van der Waals surface area contributed by atoms with E-state index in [0.29, 0.717) is 4.90 Å². The first kappa shape index (κ1) is 16.3. The number of halogens is 1. The van der Waals surface area contributed by atoms with Crippen LogP contribution in [0.2, 0.25) is 0 Å². The predicted octanol–water partition coefficient (Wildman–Crippen LogP) is 5.30. The summed E-state index contributed by atoms with van der Waals surface area (Å²) in [6, 6.07) is 7.26. The smallest absolute Gasteiger partial charge is 0.0812 e. The third kappa shape index (κ3) is 5.49. The van der Waals surface area contributed by atoms with Crippen molar-refractivity contribution in [3.8, 4) is 0 Å². The Morgan fingerprint density at radius 2 is 2.15 bits per heavy atom. The molecule has 1 N–H and O–H groups in total. The van der Waals surface area contributed by atoms with Crippen LogP contribution in [0.15, 0.2) is 72.7 Å². The normalized spacial score (nSPS) is 10.9. The third-order valence-corrected chi connectivity index (χ3v) is 3.28. The van der Waals surface area contributed by atoms with Gasteiger partial charge in [-0.3, -0.25) is 0 Å². The molecule has 0 aliphatic heterocycles. The van der Waals surface area contributed by atoms with E-state index in [1.807, 2.05) is 24.3 Å². The molecule has 0 unspecified atom stereocenters. The van der Waals surface area contributed by atoms with Gasteiger partial charge >= 0.3 is 0 Å². The predicted molar refractivity (Wildman–Crippen MR) is 88.2 cm³/mol. The molecule has 1 aromatic rings. The van der Waals surface area contributed by atoms with E-state index < -0.39 is 0 Å². The third-order valence-electron chi connectivity index (χ3n) is 2.85. The zero-order valence-electron chi connectivity index (χ0n) is 11.6. The van der Waals surface area contributed by atoms with Gasteiger partial charge in [0.15, 0.2) is 0 Å². The number of benzene rings is 1. The summed E-state index contributed by atoms with van der Waals surface area (Å²) in [6.45, 7) is 12.2. The maximum absolute atomic E-state index is 12.5. The molecule has 106 valence electrons. The molecule has 1 rings (SSSR count). The van der Waals surface area contributed by atoms with Crippen molar-refractivity contribution in [1.82, 2.24) is 5.32 Å². The lowest BCUT2D eigenvalue weighted by molar-refractivity contribution is 0.765. The number of rotatable bonds is 9. The second-order valence-corrected chi connectivity index (χ2v) is 4.92. The van der Waals surface area contributed by atoms with Crippen LogP contribution < -0.4 is 5.32 Å². The highest BCUT2D eigenvalue weighted by molar-refractivity contribution is 7.94. The molecule has 3 heteroatoms. The molecular weight excluding hydrogens is 269 g/mol. The molecule has 0 atom stereocenters. The van der Waals surface area contributed by atoms with Crippen molar-refractivity contribution in [2.45, 2.75) is 17.7 Å². The van der Waals surface area contributed by atoms with Gasteiger partial charge in [0, 0.05) is 17.1 Å². The molecule has 0 aliphatic rings. The van der Waals surface area contributed by atoms with Crippen molar-refractivity contribution in [3.05, 3.63) is 73.4 Å². The minimum absolute atomic E-state index is 0.244. The van der Waals surface area contributed by atoms with Gasteiger partial charge < -0.3 is 5.32 Å². The molecule has 1 aromatic carbocycles. The van der Waals surface area contributed by atoms with Gasteiger partial charge in [0.1, 0.15) is 0 Å². The van der Waals surface area contributed by atoms with Crippen molar-refractivity contribution >= 4 is 17.8 Å². The Balaban J connectivity index is 2.41. The van der Waals surface area contributed by atoms with E-state index >= 15 is 0 Å². The summed E-state index contributed by atoms with van der Waals surface area (Å²) in [5.74, 6) is 0. The van der Waals surface area contributed by atoms with Crippen LogP contribution in [0.5, 0.6) is 0 Å². The molecule has 0 radical (unpaired) electrons. The van der Waals surface area contributed by atoms with E-state index in [4.69, 9.17) is 0 Å². The SMILES string of the molecule is C=C/C=C(\C=C)CCCNC(=C)c1cccc(SF)c1. The summed E-state index contributed by atoms with van der Waals surface area (Å²) < 4.78 is 12.5. The molecule has 0 heterocycles. The van der Waals surface area contributed by atoms with E-state index in [0.717, 1.165) is 30.6 Å². The fourth-order valence-electron chi connectivity index (χ4n) is 1.77. The Kier molecular flexibility index (Phi) is 7.51. The summed E-state index contributed by atoms with van der Waals surface area (Å²) in [7, 11) is 0. The largest absolute Gasteiger partial charge is 0.385 e. The highest BCUT2D eigenvalue weighted by Gasteiger charge is 2.01. The lowest BCUT2D eigenvalue weighted by Gasteiger charge is -2.10. The van der Waals surface area contributed by atoms with Crippen LogP contribution in [0.25, 0.3) is 5.70 Å². The summed E-state index contributed by atoms with van der Waals surface area (Å²) >= 11 is 0.244.